The molecule has 0 spiro atoms. The summed E-state index contributed by atoms with van der Waals surface area (Å²) in [5, 5.41) is 11.4. The second-order valence-electron chi connectivity index (χ2n) is 7.43. The Labute approximate surface area is 198 Å². The van der Waals surface area contributed by atoms with Crippen LogP contribution in [0, 0.1) is 10.1 Å². The Morgan fingerprint density at radius 2 is 2.00 bits per heavy atom. The molecule has 0 radical (unpaired) electrons. The normalized spacial score (nSPS) is 15.5. The highest BCUT2D eigenvalue weighted by molar-refractivity contribution is 7.07. The van der Waals surface area contributed by atoms with Crippen LogP contribution in [0.3, 0.4) is 0 Å². The van der Waals surface area contributed by atoms with E-state index in [4.69, 9.17) is 9.47 Å². The summed E-state index contributed by atoms with van der Waals surface area (Å²) >= 11 is 1.18. The molecule has 9 nitrogen and oxygen atoms in total. The largest absolute Gasteiger partial charge is 0.497 e. The van der Waals surface area contributed by atoms with Crippen LogP contribution < -0.4 is 19.6 Å². The molecular weight excluding hydrogens is 458 g/mol. The predicted molar refractivity (Wildman–Crippen MR) is 126 cm³/mol. The van der Waals surface area contributed by atoms with Crippen molar-refractivity contribution in [1.82, 2.24) is 4.57 Å². The first-order valence-electron chi connectivity index (χ1n) is 10.4. The molecule has 0 N–H and O–H groups in total. The highest BCUT2D eigenvalue weighted by Gasteiger charge is 2.34. The standard InChI is InChI=1S/C24H21N3O6S/c1-4-33-23(29)20-14(2)25-24-26(21(20)16-6-5-7-17(13-16)27(30)31)22(28)19(34-24)12-15-8-10-18(32-3)11-9-15/h5-13,21H,4H2,1-3H3/b19-12+. The molecule has 1 aromatic heterocycles. The van der Waals surface area contributed by atoms with Gasteiger partial charge in [-0.2, -0.15) is 0 Å². The summed E-state index contributed by atoms with van der Waals surface area (Å²) < 4.78 is 12.2. The monoisotopic (exact) mass is 479 g/mol. The van der Waals surface area contributed by atoms with Gasteiger partial charge in [0, 0.05) is 12.1 Å². The minimum atomic E-state index is -0.909. The van der Waals surface area contributed by atoms with Gasteiger partial charge < -0.3 is 9.47 Å². The van der Waals surface area contributed by atoms with E-state index in [-0.39, 0.29) is 23.4 Å². The molecule has 174 valence electrons. The van der Waals surface area contributed by atoms with Gasteiger partial charge in [-0.05, 0) is 43.2 Å². The molecule has 1 aliphatic heterocycles. The number of methoxy groups -OCH3 is 1. The maximum absolute atomic E-state index is 13.5. The number of nitro benzene ring substituents is 1. The van der Waals surface area contributed by atoms with Gasteiger partial charge in [-0.1, -0.05) is 35.6 Å². The molecule has 0 amide bonds. The third-order valence-electron chi connectivity index (χ3n) is 5.33. The molecule has 0 saturated heterocycles. The smallest absolute Gasteiger partial charge is 0.338 e. The first-order chi connectivity index (χ1) is 16.3. The average Bonchev–Trinajstić information content (AvgIpc) is 3.13. The molecule has 10 heteroatoms. The van der Waals surface area contributed by atoms with Crippen molar-refractivity contribution in [3.8, 4) is 5.75 Å². The molecule has 2 heterocycles. The molecule has 1 aliphatic rings. The van der Waals surface area contributed by atoms with E-state index in [1.807, 2.05) is 12.1 Å². The van der Waals surface area contributed by atoms with Crippen molar-refractivity contribution in [2.45, 2.75) is 19.9 Å². The number of carbonyl (C=O) groups excluding carboxylic acids is 1. The quantitative estimate of drug-likeness (QED) is 0.305. The first-order valence-corrected chi connectivity index (χ1v) is 11.2. The number of ether oxygens (including phenoxy) is 2. The van der Waals surface area contributed by atoms with Gasteiger partial charge in [0.1, 0.15) is 5.75 Å². The Hall–Kier alpha value is -4.05. The highest BCUT2D eigenvalue weighted by Crippen LogP contribution is 2.32. The van der Waals surface area contributed by atoms with Gasteiger partial charge in [0.15, 0.2) is 4.80 Å². The van der Waals surface area contributed by atoms with Crippen molar-refractivity contribution in [3.63, 3.8) is 0 Å². The Balaban J connectivity index is 1.94. The van der Waals surface area contributed by atoms with E-state index >= 15 is 0 Å². The zero-order valence-corrected chi connectivity index (χ0v) is 19.5. The highest BCUT2D eigenvalue weighted by atomic mass is 32.1. The number of allylic oxidation sites excluding steroid dienone is 1. The first kappa shape index (κ1) is 23.1. The predicted octanol–water partition coefficient (Wildman–Crippen LogP) is 2.72. The lowest BCUT2D eigenvalue weighted by molar-refractivity contribution is -0.384. The Morgan fingerprint density at radius 3 is 2.65 bits per heavy atom. The lowest BCUT2D eigenvalue weighted by Gasteiger charge is -2.24. The summed E-state index contributed by atoms with van der Waals surface area (Å²) in [6.45, 7) is 3.48. The lowest BCUT2D eigenvalue weighted by Crippen LogP contribution is -2.39. The van der Waals surface area contributed by atoms with Crippen LogP contribution in [0.2, 0.25) is 0 Å². The van der Waals surface area contributed by atoms with Crippen molar-refractivity contribution >= 4 is 29.1 Å². The topological polar surface area (TPSA) is 113 Å². The van der Waals surface area contributed by atoms with E-state index in [9.17, 15) is 19.7 Å². The van der Waals surface area contributed by atoms with Crippen LogP contribution in [-0.4, -0.2) is 29.2 Å². The lowest BCUT2D eigenvalue weighted by atomic mass is 9.95. The Morgan fingerprint density at radius 1 is 1.26 bits per heavy atom. The molecular formula is C24H21N3O6S. The molecule has 0 saturated carbocycles. The van der Waals surface area contributed by atoms with E-state index < -0.39 is 16.9 Å². The van der Waals surface area contributed by atoms with Gasteiger partial charge in [0.05, 0.1) is 40.5 Å². The van der Waals surface area contributed by atoms with Crippen LogP contribution >= 0.6 is 11.3 Å². The van der Waals surface area contributed by atoms with Crippen LogP contribution in [0.1, 0.15) is 31.0 Å². The summed E-state index contributed by atoms with van der Waals surface area (Å²) in [5.74, 6) is 0.0728. The fourth-order valence-corrected chi connectivity index (χ4v) is 4.81. The SMILES string of the molecule is CCOC(=O)C1=C(C)N=c2s/c(=C/c3ccc(OC)cc3)c(=O)n2C1c1cccc([N+](=O)[O-])c1. The summed E-state index contributed by atoms with van der Waals surface area (Å²) in [6.07, 6.45) is 1.73. The number of aromatic nitrogens is 1. The number of esters is 1. The zero-order valence-electron chi connectivity index (χ0n) is 18.7. The third kappa shape index (κ3) is 4.27. The van der Waals surface area contributed by atoms with E-state index in [1.165, 1.54) is 34.1 Å². The number of thiazole rings is 1. The van der Waals surface area contributed by atoms with Crippen LogP contribution in [0.4, 0.5) is 5.69 Å². The van der Waals surface area contributed by atoms with Crippen molar-refractivity contribution in [3.05, 3.63) is 101 Å². The van der Waals surface area contributed by atoms with E-state index in [0.29, 0.717) is 26.3 Å². The number of carbonyl (C=O) groups is 1. The number of benzene rings is 2. The third-order valence-corrected chi connectivity index (χ3v) is 6.31. The van der Waals surface area contributed by atoms with Gasteiger partial charge in [-0.15, -0.1) is 0 Å². The van der Waals surface area contributed by atoms with E-state index in [2.05, 4.69) is 4.99 Å². The maximum atomic E-state index is 13.5. The van der Waals surface area contributed by atoms with Crippen molar-refractivity contribution in [1.29, 1.82) is 0 Å². The molecule has 0 bridgehead atoms. The molecule has 34 heavy (non-hydrogen) atoms. The van der Waals surface area contributed by atoms with Gasteiger partial charge in [0.25, 0.3) is 11.2 Å². The molecule has 3 aromatic rings. The fourth-order valence-electron chi connectivity index (χ4n) is 3.77. The summed E-state index contributed by atoms with van der Waals surface area (Å²) in [7, 11) is 1.57. The number of non-ortho nitro benzene ring substituents is 1. The van der Waals surface area contributed by atoms with Crippen molar-refractivity contribution in [2.75, 3.05) is 13.7 Å². The second kappa shape index (κ2) is 9.44. The van der Waals surface area contributed by atoms with E-state index in [1.54, 1.807) is 45.2 Å². The van der Waals surface area contributed by atoms with Gasteiger partial charge >= 0.3 is 5.97 Å². The summed E-state index contributed by atoms with van der Waals surface area (Å²) in [6, 6.07) is 12.2. The number of fused-ring (bicyclic) bond motifs is 1. The molecule has 1 atom stereocenters. The fraction of sp³-hybridized carbons (Fsp3) is 0.208. The number of nitrogens with zero attached hydrogens (tertiary/aromatic N) is 3. The Bertz CT molecular complexity index is 1480. The van der Waals surface area contributed by atoms with Crippen LogP contribution in [0.5, 0.6) is 5.75 Å². The van der Waals surface area contributed by atoms with Crippen LogP contribution in [0.25, 0.3) is 6.08 Å². The molecule has 4 rings (SSSR count). The number of hydrogen-bond donors (Lipinski definition) is 0. The minimum absolute atomic E-state index is 0.138. The molecule has 0 fully saturated rings. The Kier molecular flexibility index (Phi) is 6.42. The van der Waals surface area contributed by atoms with E-state index in [0.717, 1.165) is 5.56 Å². The summed E-state index contributed by atoms with van der Waals surface area (Å²) in [4.78, 5) is 42.2. The average molecular weight is 480 g/mol. The molecule has 0 aliphatic carbocycles. The van der Waals surface area contributed by atoms with Crippen LogP contribution in [-0.2, 0) is 9.53 Å². The van der Waals surface area contributed by atoms with Crippen molar-refractivity contribution in [2.24, 2.45) is 4.99 Å². The van der Waals surface area contributed by atoms with Crippen LogP contribution in [0.15, 0.2) is 69.6 Å². The maximum Gasteiger partial charge on any atom is 0.338 e. The number of rotatable bonds is 6. The molecule has 2 aromatic carbocycles. The number of nitro groups is 1. The second-order valence-corrected chi connectivity index (χ2v) is 8.44. The van der Waals surface area contributed by atoms with Gasteiger partial charge in [-0.3, -0.25) is 19.5 Å². The summed E-state index contributed by atoms with van der Waals surface area (Å²) in [5.41, 5.74) is 1.28. The number of hydrogen-bond acceptors (Lipinski definition) is 8. The van der Waals surface area contributed by atoms with Gasteiger partial charge in [0.2, 0.25) is 0 Å². The van der Waals surface area contributed by atoms with Crippen molar-refractivity contribution < 1.29 is 19.2 Å². The molecule has 1 unspecified atom stereocenters. The van der Waals surface area contributed by atoms with Gasteiger partial charge in [-0.25, -0.2) is 9.79 Å². The minimum Gasteiger partial charge on any atom is -0.497 e. The zero-order chi connectivity index (χ0) is 24.4.